The van der Waals surface area contributed by atoms with Crippen molar-refractivity contribution in [3.05, 3.63) is 66.1 Å². The number of nitrogens with zero attached hydrogens (tertiary/aromatic N) is 2. The molecule has 0 aliphatic carbocycles. The number of benzene rings is 2. The Morgan fingerprint density at radius 3 is 2.47 bits per heavy atom. The van der Waals surface area contributed by atoms with E-state index < -0.39 is 55.2 Å². The zero-order valence-corrected chi connectivity index (χ0v) is 18.9. The summed E-state index contributed by atoms with van der Waals surface area (Å²) in [4.78, 5) is 22.7. The third kappa shape index (κ3) is 4.13. The van der Waals surface area contributed by atoms with E-state index in [0.717, 1.165) is 24.3 Å². The Morgan fingerprint density at radius 1 is 1.09 bits per heavy atom. The van der Waals surface area contributed by atoms with Gasteiger partial charge in [0.15, 0.2) is 11.6 Å². The van der Waals surface area contributed by atoms with E-state index in [1.807, 2.05) is 0 Å². The molecule has 4 rings (SSSR count). The number of anilines is 1. The number of esters is 1. The largest absolute Gasteiger partial charge is 0.477 e. The Hall–Kier alpha value is -3.75. The summed E-state index contributed by atoms with van der Waals surface area (Å²) in [6, 6.07) is 11.3. The van der Waals surface area contributed by atoms with E-state index in [4.69, 9.17) is 4.74 Å². The zero-order valence-electron chi connectivity index (χ0n) is 17.3. The number of halogens is 1. The molecule has 0 fully saturated rings. The van der Waals surface area contributed by atoms with Crippen molar-refractivity contribution in [2.45, 2.75) is 4.90 Å². The number of carbonyl (C=O) groups excluding carboxylic acids is 1. The molecule has 3 aromatic rings. The highest BCUT2D eigenvalue weighted by molar-refractivity contribution is 8.05. The molecule has 1 aromatic heterocycles. The molecular weight excluding hydrogens is 493 g/mol. The van der Waals surface area contributed by atoms with Crippen LogP contribution >= 0.6 is 0 Å². The standard InChI is InChI=1S/C20H16FN3O8S2/c1-23-15(8-9-17(23)20(26)27)12-4-2-5-13(10-12)33(28,29)22-34(30,31)24-11-18(25)32-19-14(21)6-3-7-16(19)24/h2-10,22H,11H2,1H3,(H,26,27). The monoisotopic (exact) mass is 509 g/mol. The fourth-order valence-electron chi connectivity index (χ4n) is 3.43. The Bertz CT molecular complexity index is 1550. The van der Waals surface area contributed by atoms with Crippen molar-refractivity contribution in [2.24, 2.45) is 7.05 Å². The first kappa shape index (κ1) is 23.4. The maximum Gasteiger partial charge on any atom is 0.352 e. The number of rotatable bonds is 6. The van der Waals surface area contributed by atoms with Gasteiger partial charge in [0.1, 0.15) is 12.2 Å². The summed E-state index contributed by atoms with van der Waals surface area (Å²) in [7, 11) is -8.12. The molecular formula is C20H16FN3O8S2. The van der Waals surface area contributed by atoms with Gasteiger partial charge in [-0.25, -0.2) is 26.7 Å². The van der Waals surface area contributed by atoms with Gasteiger partial charge in [0, 0.05) is 12.7 Å². The van der Waals surface area contributed by atoms with Crippen LogP contribution in [0.15, 0.2) is 59.5 Å². The van der Waals surface area contributed by atoms with E-state index in [1.165, 1.54) is 41.9 Å². The van der Waals surface area contributed by atoms with Crippen LogP contribution in [0.2, 0.25) is 0 Å². The van der Waals surface area contributed by atoms with Gasteiger partial charge in [0.2, 0.25) is 0 Å². The van der Waals surface area contributed by atoms with E-state index in [1.54, 1.807) is 4.13 Å². The fourth-order valence-corrected chi connectivity index (χ4v) is 6.50. The number of hydrogen-bond donors (Lipinski definition) is 2. The Kier molecular flexibility index (Phi) is 5.67. The number of ether oxygens (including phenoxy) is 1. The highest BCUT2D eigenvalue weighted by Gasteiger charge is 2.37. The molecule has 1 aliphatic heterocycles. The van der Waals surface area contributed by atoms with Gasteiger partial charge in [-0.3, -0.25) is 0 Å². The molecule has 0 saturated heterocycles. The Labute approximate surface area is 193 Å². The van der Waals surface area contributed by atoms with Gasteiger partial charge in [0.25, 0.3) is 10.0 Å². The van der Waals surface area contributed by atoms with Crippen molar-refractivity contribution in [3.8, 4) is 17.0 Å². The maximum absolute atomic E-state index is 14.0. The third-order valence-electron chi connectivity index (χ3n) is 4.99. The lowest BCUT2D eigenvalue weighted by Gasteiger charge is -2.28. The molecule has 14 heteroatoms. The number of nitrogens with one attached hydrogen (secondary N) is 1. The van der Waals surface area contributed by atoms with Crippen LogP contribution < -0.4 is 13.2 Å². The smallest absolute Gasteiger partial charge is 0.352 e. The van der Waals surface area contributed by atoms with Crippen molar-refractivity contribution >= 4 is 37.9 Å². The van der Waals surface area contributed by atoms with Crippen LogP contribution in [0.4, 0.5) is 10.1 Å². The lowest BCUT2D eigenvalue weighted by atomic mass is 10.1. The summed E-state index contributed by atoms with van der Waals surface area (Å²) in [6.07, 6.45) is 0. The molecule has 0 saturated carbocycles. The molecule has 2 N–H and O–H groups in total. The first-order chi connectivity index (χ1) is 15.9. The van der Waals surface area contributed by atoms with Gasteiger partial charge in [-0.1, -0.05) is 22.3 Å². The van der Waals surface area contributed by atoms with Crippen LogP contribution in [-0.4, -0.2) is 45.0 Å². The molecule has 0 spiro atoms. The van der Waals surface area contributed by atoms with E-state index in [0.29, 0.717) is 15.6 Å². The van der Waals surface area contributed by atoms with Gasteiger partial charge in [-0.2, -0.15) is 8.42 Å². The SMILES string of the molecule is Cn1c(C(=O)O)ccc1-c1cccc(S(=O)(=O)NS(=O)(=O)N2CC(=O)Oc3c(F)cccc32)c1. The lowest BCUT2D eigenvalue weighted by Crippen LogP contribution is -2.48. The molecule has 1 aliphatic rings. The molecule has 11 nitrogen and oxygen atoms in total. The fraction of sp³-hybridized carbons (Fsp3) is 0.100. The molecule has 2 aromatic carbocycles. The number of sulfonamides is 1. The van der Waals surface area contributed by atoms with Crippen molar-refractivity contribution in [1.82, 2.24) is 8.69 Å². The predicted molar refractivity (Wildman–Crippen MR) is 116 cm³/mol. The van der Waals surface area contributed by atoms with Gasteiger partial charge in [0.05, 0.1) is 10.6 Å². The van der Waals surface area contributed by atoms with Crippen molar-refractivity contribution in [1.29, 1.82) is 0 Å². The second kappa shape index (κ2) is 8.23. The van der Waals surface area contributed by atoms with Crippen LogP contribution in [0.3, 0.4) is 0 Å². The summed E-state index contributed by atoms with van der Waals surface area (Å²) in [6.45, 7) is -0.872. The summed E-state index contributed by atoms with van der Waals surface area (Å²) >= 11 is 0. The van der Waals surface area contributed by atoms with Crippen molar-refractivity contribution < 1.29 is 40.7 Å². The average Bonchev–Trinajstić information content (AvgIpc) is 3.15. The Balaban J connectivity index is 1.70. The second-order valence-electron chi connectivity index (χ2n) is 7.16. The van der Waals surface area contributed by atoms with E-state index >= 15 is 0 Å². The van der Waals surface area contributed by atoms with Gasteiger partial charge >= 0.3 is 22.1 Å². The number of fused-ring (bicyclic) bond motifs is 1. The van der Waals surface area contributed by atoms with Crippen LogP contribution in [0.25, 0.3) is 11.3 Å². The highest BCUT2D eigenvalue weighted by atomic mass is 32.3. The van der Waals surface area contributed by atoms with Crippen LogP contribution in [0.1, 0.15) is 10.5 Å². The summed E-state index contributed by atoms with van der Waals surface area (Å²) in [5.74, 6) is -3.91. The van der Waals surface area contributed by atoms with Crippen LogP contribution in [0.5, 0.6) is 5.75 Å². The number of carboxylic acid groups (broad SMARTS) is 1. The summed E-state index contributed by atoms with van der Waals surface area (Å²) < 4.78 is 73.8. The van der Waals surface area contributed by atoms with Crippen LogP contribution in [0, 0.1) is 5.82 Å². The number of hydrogen-bond acceptors (Lipinski definition) is 7. The first-order valence-electron chi connectivity index (χ1n) is 9.45. The minimum Gasteiger partial charge on any atom is -0.477 e. The topological polar surface area (TPSA) is 152 Å². The second-order valence-corrected chi connectivity index (χ2v) is 10.7. The first-order valence-corrected chi connectivity index (χ1v) is 12.4. The van der Waals surface area contributed by atoms with E-state index in [-0.39, 0.29) is 11.4 Å². The molecule has 0 unspecified atom stereocenters. The number of aromatic carboxylic acids is 1. The molecule has 0 radical (unpaired) electrons. The van der Waals surface area contributed by atoms with Gasteiger partial charge in [-0.05, 0) is 42.0 Å². The van der Waals surface area contributed by atoms with Crippen LogP contribution in [-0.2, 0) is 32.1 Å². The van der Waals surface area contributed by atoms with Crippen molar-refractivity contribution in [2.75, 3.05) is 10.8 Å². The minimum absolute atomic E-state index is 0.0353. The summed E-state index contributed by atoms with van der Waals surface area (Å²) in [5.41, 5.74) is 0.303. The number of aromatic nitrogens is 1. The van der Waals surface area contributed by atoms with E-state index in [9.17, 15) is 35.9 Å². The Morgan fingerprint density at radius 2 is 1.79 bits per heavy atom. The normalized spacial score (nSPS) is 13.9. The molecule has 0 amide bonds. The van der Waals surface area contributed by atoms with E-state index in [2.05, 4.69) is 0 Å². The molecule has 2 heterocycles. The molecule has 0 atom stereocenters. The lowest BCUT2D eigenvalue weighted by molar-refractivity contribution is -0.133. The molecule has 34 heavy (non-hydrogen) atoms. The molecule has 178 valence electrons. The molecule has 0 bridgehead atoms. The highest BCUT2D eigenvalue weighted by Crippen LogP contribution is 2.36. The maximum atomic E-state index is 14.0. The quantitative estimate of drug-likeness (QED) is 0.374. The summed E-state index contributed by atoms with van der Waals surface area (Å²) in [5, 5.41) is 9.21. The number of carboxylic acids is 1. The number of para-hydroxylation sites is 1. The number of carbonyl (C=O) groups is 2. The van der Waals surface area contributed by atoms with Crippen molar-refractivity contribution in [3.63, 3.8) is 0 Å². The third-order valence-corrected chi connectivity index (χ3v) is 8.49. The average molecular weight is 509 g/mol. The van der Waals surface area contributed by atoms with Gasteiger partial charge < -0.3 is 14.4 Å². The van der Waals surface area contributed by atoms with Gasteiger partial charge in [-0.15, -0.1) is 0 Å². The minimum atomic E-state index is -4.90. The predicted octanol–water partition coefficient (Wildman–Crippen LogP) is 1.48. The zero-order chi connectivity index (χ0) is 24.8.